The van der Waals surface area contributed by atoms with E-state index in [1.54, 1.807) is 46.7 Å². The lowest BCUT2D eigenvalue weighted by Gasteiger charge is -2.32. The second-order valence-electron chi connectivity index (χ2n) is 7.12. The summed E-state index contributed by atoms with van der Waals surface area (Å²) in [6.07, 6.45) is -0.777. The number of thiazole rings is 1. The number of benzene rings is 2. The molecule has 1 atom stereocenters. The molecule has 2 heterocycles. The van der Waals surface area contributed by atoms with Gasteiger partial charge in [-0.05, 0) is 49.2 Å². The molecular weight excluding hydrogens is 413 g/mol. The Hall–Kier alpha value is -2.87. The number of carbonyl (C=O) groups is 1. The summed E-state index contributed by atoms with van der Waals surface area (Å²) in [5.41, 5.74) is -0.340. The van der Waals surface area contributed by atoms with E-state index in [0.717, 1.165) is 30.0 Å². The number of amides is 1. The molecule has 1 aromatic heterocycles. The van der Waals surface area contributed by atoms with Crippen LogP contribution in [0.25, 0.3) is 0 Å². The van der Waals surface area contributed by atoms with Gasteiger partial charge in [-0.1, -0.05) is 12.1 Å². The van der Waals surface area contributed by atoms with Crippen LogP contribution in [-0.4, -0.2) is 28.9 Å². The summed E-state index contributed by atoms with van der Waals surface area (Å²) in [6, 6.07) is 11.2. The molecule has 0 radical (unpaired) electrons. The maximum absolute atomic E-state index is 13.0. The highest BCUT2D eigenvalue weighted by Crippen LogP contribution is 2.33. The van der Waals surface area contributed by atoms with E-state index in [0.29, 0.717) is 24.4 Å². The standard InChI is InChI=1S/C22H19F3N2O2S/c23-22(24,25)17-6-2-8-19(13-17)29-18-7-1-4-15(12-18)21(28)27-10-3-5-16(14-27)20-26-9-11-30-20/h1-2,4,6-9,11-13,16H,3,5,10,14H2. The molecule has 4 nitrogen and oxygen atoms in total. The van der Waals surface area contributed by atoms with Gasteiger partial charge < -0.3 is 9.64 Å². The zero-order chi connectivity index (χ0) is 21.1. The summed E-state index contributed by atoms with van der Waals surface area (Å²) in [7, 11) is 0. The van der Waals surface area contributed by atoms with E-state index in [4.69, 9.17) is 4.74 Å². The minimum atomic E-state index is -4.45. The lowest BCUT2D eigenvalue weighted by molar-refractivity contribution is -0.137. The first-order chi connectivity index (χ1) is 14.4. The summed E-state index contributed by atoms with van der Waals surface area (Å²) in [6.45, 7) is 1.27. The maximum atomic E-state index is 13.0. The Kier molecular flexibility index (Phi) is 5.76. The molecule has 1 saturated heterocycles. The molecular formula is C22H19F3N2O2S. The van der Waals surface area contributed by atoms with Gasteiger partial charge in [-0.3, -0.25) is 4.79 Å². The fraction of sp³-hybridized carbons (Fsp3) is 0.273. The van der Waals surface area contributed by atoms with Gasteiger partial charge in [0.1, 0.15) is 11.5 Å². The largest absolute Gasteiger partial charge is 0.457 e. The second kappa shape index (κ2) is 8.47. The Labute approximate surface area is 175 Å². The average Bonchev–Trinajstić information content (AvgIpc) is 3.28. The predicted molar refractivity (Wildman–Crippen MR) is 108 cm³/mol. The number of hydrogen-bond acceptors (Lipinski definition) is 4. The minimum absolute atomic E-state index is 0.0660. The third kappa shape index (κ3) is 4.64. The zero-order valence-corrected chi connectivity index (χ0v) is 16.7. The fourth-order valence-electron chi connectivity index (χ4n) is 3.55. The first-order valence-electron chi connectivity index (χ1n) is 9.54. The second-order valence-corrected chi connectivity index (χ2v) is 8.04. The van der Waals surface area contributed by atoms with Crippen LogP contribution in [-0.2, 0) is 6.18 Å². The van der Waals surface area contributed by atoms with E-state index in [-0.39, 0.29) is 17.6 Å². The van der Waals surface area contributed by atoms with Crippen LogP contribution in [0.2, 0.25) is 0 Å². The van der Waals surface area contributed by atoms with Crippen molar-refractivity contribution in [1.29, 1.82) is 0 Å². The first-order valence-corrected chi connectivity index (χ1v) is 10.4. The van der Waals surface area contributed by atoms with Gasteiger partial charge in [0.25, 0.3) is 5.91 Å². The quantitative estimate of drug-likeness (QED) is 0.510. The number of hydrogen-bond donors (Lipinski definition) is 0. The number of halogens is 3. The van der Waals surface area contributed by atoms with Gasteiger partial charge >= 0.3 is 6.18 Å². The highest BCUT2D eigenvalue weighted by atomic mass is 32.1. The van der Waals surface area contributed by atoms with Crippen LogP contribution in [0.5, 0.6) is 11.5 Å². The van der Waals surface area contributed by atoms with Crippen LogP contribution in [0.4, 0.5) is 13.2 Å². The van der Waals surface area contributed by atoms with Crippen LogP contribution < -0.4 is 4.74 Å². The van der Waals surface area contributed by atoms with E-state index in [9.17, 15) is 18.0 Å². The Balaban J connectivity index is 1.48. The minimum Gasteiger partial charge on any atom is -0.457 e. The van der Waals surface area contributed by atoms with Gasteiger partial charge in [0, 0.05) is 36.1 Å². The van der Waals surface area contributed by atoms with Crippen molar-refractivity contribution in [2.75, 3.05) is 13.1 Å². The van der Waals surface area contributed by atoms with Crippen molar-refractivity contribution in [3.63, 3.8) is 0 Å². The van der Waals surface area contributed by atoms with Crippen molar-refractivity contribution >= 4 is 17.2 Å². The summed E-state index contributed by atoms with van der Waals surface area (Å²) in [5, 5.41) is 2.97. The van der Waals surface area contributed by atoms with E-state index in [2.05, 4.69) is 4.98 Å². The molecule has 0 spiro atoms. The zero-order valence-electron chi connectivity index (χ0n) is 15.9. The number of alkyl halides is 3. The van der Waals surface area contributed by atoms with Crippen molar-refractivity contribution in [3.05, 3.63) is 76.2 Å². The smallest absolute Gasteiger partial charge is 0.416 e. The predicted octanol–water partition coefficient (Wildman–Crippen LogP) is 5.97. The molecule has 0 N–H and O–H groups in total. The van der Waals surface area contributed by atoms with Gasteiger partial charge in [0.05, 0.1) is 10.6 Å². The van der Waals surface area contributed by atoms with Crippen LogP contribution in [0.1, 0.15) is 39.7 Å². The highest BCUT2D eigenvalue weighted by Gasteiger charge is 2.31. The van der Waals surface area contributed by atoms with Crippen molar-refractivity contribution in [3.8, 4) is 11.5 Å². The van der Waals surface area contributed by atoms with Crippen LogP contribution in [0, 0.1) is 0 Å². The molecule has 0 saturated carbocycles. The molecule has 4 rings (SSSR count). The monoisotopic (exact) mass is 432 g/mol. The number of ether oxygens (including phenoxy) is 1. The number of piperidine rings is 1. The molecule has 0 aliphatic carbocycles. The molecule has 0 bridgehead atoms. The van der Waals surface area contributed by atoms with Gasteiger partial charge in [0.2, 0.25) is 0 Å². The molecule has 8 heteroatoms. The third-order valence-corrected chi connectivity index (χ3v) is 5.93. The van der Waals surface area contributed by atoms with Crippen molar-refractivity contribution < 1.29 is 22.7 Å². The lowest BCUT2D eigenvalue weighted by Crippen LogP contribution is -2.39. The Morgan fingerprint density at radius 1 is 1.13 bits per heavy atom. The molecule has 2 aromatic carbocycles. The molecule has 1 aliphatic rings. The summed E-state index contributed by atoms with van der Waals surface area (Å²) < 4.78 is 44.3. The van der Waals surface area contributed by atoms with Crippen molar-refractivity contribution in [2.45, 2.75) is 24.9 Å². The fourth-order valence-corrected chi connectivity index (χ4v) is 4.31. The normalized spacial score (nSPS) is 17.0. The van der Waals surface area contributed by atoms with E-state index < -0.39 is 11.7 Å². The van der Waals surface area contributed by atoms with Gasteiger partial charge in [-0.2, -0.15) is 13.2 Å². The van der Waals surface area contributed by atoms with Crippen LogP contribution in [0.15, 0.2) is 60.1 Å². The van der Waals surface area contributed by atoms with Gasteiger partial charge in [-0.25, -0.2) is 4.98 Å². The number of nitrogens with zero attached hydrogens (tertiary/aromatic N) is 2. The van der Waals surface area contributed by atoms with Crippen LogP contribution >= 0.6 is 11.3 Å². The third-order valence-electron chi connectivity index (χ3n) is 4.99. The number of aromatic nitrogens is 1. The first kappa shape index (κ1) is 20.4. The average molecular weight is 432 g/mol. The summed E-state index contributed by atoms with van der Waals surface area (Å²) in [5.74, 6) is 0.489. The molecule has 3 aromatic rings. The van der Waals surface area contributed by atoms with Gasteiger partial charge in [0.15, 0.2) is 0 Å². The molecule has 156 valence electrons. The highest BCUT2D eigenvalue weighted by molar-refractivity contribution is 7.09. The summed E-state index contributed by atoms with van der Waals surface area (Å²) in [4.78, 5) is 19.2. The van der Waals surface area contributed by atoms with Crippen molar-refractivity contribution in [2.24, 2.45) is 0 Å². The van der Waals surface area contributed by atoms with Gasteiger partial charge in [-0.15, -0.1) is 11.3 Å². The Morgan fingerprint density at radius 2 is 1.90 bits per heavy atom. The molecule has 1 fully saturated rings. The Bertz CT molecular complexity index is 1020. The Morgan fingerprint density at radius 3 is 2.63 bits per heavy atom. The summed E-state index contributed by atoms with van der Waals surface area (Å²) >= 11 is 1.60. The molecule has 1 unspecified atom stereocenters. The topological polar surface area (TPSA) is 42.4 Å². The van der Waals surface area contributed by atoms with E-state index in [1.165, 1.54) is 12.1 Å². The van der Waals surface area contributed by atoms with Crippen LogP contribution in [0.3, 0.4) is 0 Å². The van der Waals surface area contributed by atoms with Crippen molar-refractivity contribution in [1.82, 2.24) is 9.88 Å². The number of likely N-dealkylation sites (tertiary alicyclic amines) is 1. The van der Waals surface area contributed by atoms with E-state index in [1.807, 2.05) is 5.38 Å². The lowest BCUT2D eigenvalue weighted by atomic mass is 9.98. The number of carbonyl (C=O) groups excluding carboxylic acids is 1. The molecule has 1 aliphatic heterocycles. The molecule has 1 amide bonds. The number of rotatable bonds is 4. The molecule has 30 heavy (non-hydrogen) atoms. The van der Waals surface area contributed by atoms with E-state index >= 15 is 0 Å². The maximum Gasteiger partial charge on any atom is 0.416 e. The SMILES string of the molecule is O=C(c1cccc(Oc2cccc(C(F)(F)F)c2)c1)N1CCCC(c2nccs2)C1.